The van der Waals surface area contributed by atoms with Crippen LogP contribution in [0, 0.1) is 6.92 Å². The van der Waals surface area contributed by atoms with Crippen LogP contribution in [0.4, 0.5) is 0 Å². The zero-order valence-electron chi connectivity index (χ0n) is 12.1. The van der Waals surface area contributed by atoms with Crippen molar-refractivity contribution in [3.05, 3.63) is 35.4 Å². The standard InChI is InChI=1S/C15H22N2O3/c1-3-7-17(8-9-18)14(19)11-16-15(20)13-6-4-5-12(2)10-13/h4-6,10,18H,3,7-9,11H2,1-2H3,(H,16,20). The summed E-state index contributed by atoms with van der Waals surface area (Å²) < 4.78 is 0. The van der Waals surface area contributed by atoms with Gasteiger partial charge in [-0.05, 0) is 25.5 Å². The van der Waals surface area contributed by atoms with Crippen molar-refractivity contribution >= 4 is 11.8 Å². The van der Waals surface area contributed by atoms with E-state index >= 15 is 0 Å². The van der Waals surface area contributed by atoms with Gasteiger partial charge in [0.15, 0.2) is 0 Å². The lowest BCUT2D eigenvalue weighted by Gasteiger charge is -2.21. The molecule has 0 aliphatic carbocycles. The number of aliphatic hydroxyl groups is 1. The van der Waals surface area contributed by atoms with Gasteiger partial charge in [-0.1, -0.05) is 24.6 Å². The van der Waals surface area contributed by atoms with Crippen molar-refractivity contribution in [3.8, 4) is 0 Å². The van der Waals surface area contributed by atoms with Crippen LogP contribution in [0.25, 0.3) is 0 Å². The molecule has 0 aromatic heterocycles. The number of nitrogens with one attached hydrogen (secondary N) is 1. The predicted octanol–water partition coefficient (Wildman–Crippen LogP) is 0.956. The minimum absolute atomic E-state index is 0.0488. The number of carbonyl (C=O) groups is 2. The lowest BCUT2D eigenvalue weighted by molar-refractivity contribution is -0.130. The van der Waals surface area contributed by atoms with Gasteiger partial charge in [-0.3, -0.25) is 9.59 Å². The van der Waals surface area contributed by atoms with E-state index < -0.39 is 0 Å². The molecule has 0 saturated heterocycles. The number of aliphatic hydroxyl groups excluding tert-OH is 1. The van der Waals surface area contributed by atoms with Crippen LogP contribution >= 0.6 is 0 Å². The summed E-state index contributed by atoms with van der Waals surface area (Å²) in [4.78, 5) is 25.4. The average Bonchev–Trinajstić information content (AvgIpc) is 2.44. The molecule has 0 saturated carbocycles. The molecule has 2 amide bonds. The van der Waals surface area contributed by atoms with Gasteiger partial charge in [-0.2, -0.15) is 0 Å². The smallest absolute Gasteiger partial charge is 0.251 e. The molecule has 0 unspecified atom stereocenters. The molecule has 1 aromatic rings. The van der Waals surface area contributed by atoms with E-state index in [2.05, 4.69) is 5.32 Å². The minimum Gasteiger partial charge on any atom is -0.395 e. The number of hydrogen-bond donors (Lipinski definition) is 2. The highest BCUT2D eigenvalue weighted by molar-refractivity contribution is 5.96. The van der Waals surface area contributed by atoms with Gasteiger partial charge in [-0.25, -0.2) is 0 Å². The number of amides is 2. The monoisotopic (exact) mass is 278 g/mol. The van der Waals surface area contributed by atoms with E-state index in [0.717, 1.165) is 12.0 Å². The molecule has 1 rings (SSSR count). The van der Waals surface area contributed by atoms with E-state index in [1.165, 1.54) is 0 Å². The van der Waals surface area contributed by atoms with E-state index in [4.69, 9.17) is 5.11 Å². The summed E-state index contributed by atoms with van der Waals surface area (Å²) >= 11 is 0. The molecule has 0 spiro atoms. The van der Waals surface area contributed by atoms with Gasteiger partial charge < -0.3 is 15.3 Å². The quantitative estimate of drug-likeness (QED) is 0.780. The van der Waals surface area contributed by atoms with E-state index in [1.807, 2.05) is 19.9 Å². The second-order valence-corrected chi connectivity index (χ2v) is 4.66. The lowest BCUT2D eigenvalue weighted by atomic mass is 10.1. The van der Waals surface area contributed by atoms with Gasteiger partial charge in [0.2, 0.25) is 5.91 Å². The summed E-state index contributed by atoms with van der Waals surface area (Å²) in [5.41, 5.74) is 1.54. The molecule has 1 aromatic carbocycles. The first-order valence-electron chi connectivity index (χ1n) is 6.82. The van der Waals surface area contributed by atoms with Crippen LogP contribution in [0.15, 0.2) is 24.3 Å². The molecule has 2 N–H and O–H groups in total. The molecule has 110 valence electrons. The van der Waals surface area contributed by atoms with Crippen LogP contribution in [0.2, 0.25) is 0 Å². The topological polar surface area (TPSA) is 69.6 Å². The Morgan fingerprint density at radius 1 is 1.30 bits per heavy atom. The number of hydrogen-bond acceptors (Lipinski definition) is 3. The molecule has 20 heavy (non-hydrogen) atoms. The molecule has 5 heteroatoms. The fourth-order valence-electron chi connectivity index (χ4n) is 1.91. The summed E-state index contributed by atoms with van der Waals surface area (Å²) in [7, 11) is 0. The summed E-state index contributed by atoms with van der Waals surface area (Å²) in [6.45, 7) is 4.63. The number of rotatable bonds is 7. The molecule has 0 aliphatic rings. The van der Waals surface area contributed by atoms with Gasteiger partial charge in [0.05, 0.1) is 13.2 Å². The minimum atomic E-state index is -0.262. The average molecular weight is 278 g/mol. The van der Waals surface area contributed by atoms with Crippen molar-refractivity contribution in [2.24, 2.45) is 0 Å². The van der Waals surface area contributed by atoms with Gasteiger partial charge in [0, 0.05) is 18.7 Å². The predicted molar refractivity (Wildman–Crippen MR) is 77.5 cm³/mol. The molecular formula is C15H22N2O3. The Labute approximate surface area is 119 Å². The Bertz CT molecular complexity index is 454. The Kier molecular flexibility index (Phi) is 6.73. The molecule has 0 atom stereocenters. The fourth-order valence-corrected chi connectivity index (χ4v) is 1.91. The largest absolute Gasteiger partial charge is 0.395 e. The van der Waals surface area contributed by atoms with Crippen LogP contribution < -0.4 is 5.32 Å². The summed E-state index contributed by atoms with van der Waals surface area (Å²) in [6.07, 6.45) is 0.817. The van der Waals surface area contributed by atoms with Gasteiger partial charge in [0.1, 0.15) is 0 Å². The van der Waals surface area contributed by atoms with Crippen molar-refractivity contribution in [2.75, 3.05) is 26.2 Å². The van der Waals surface area contributed by atoms with Crippen molar-refractivity contribution in [3.63, 3.8) is 0 Å². The maximum atomic E-state index is 11.9. The lowest BCUT2D eigenvalue weighted by Crippen LogP contribution is -2.41. The van der Waals surface area contributed by atoms with Crippen LogP contribution in [0.5, 0.6) is 0 Å². The maximum Gasteiger partial charge on any atom is 0.251 e. The normalized spacial score (nSPS) is 10.2. The third-order valence-electron chi connectivity index (χ3n) is 2.90. The zero-order chi connectivity index (χ0) is 15.0. The Morgan fingerprint density at radius 2 is 2.05 bits per heavy atom. The van der Waals surface area contributed by atoms with Crippen molar-refractivity contribution < 1.29 is 14.7 Å². The van der Waals surface area contributed by atoms with Gasteiger partial charge in [-0.15, -0.1) is 0 Å². The van der Waals surface area contributed by atoms with Crippen LogP contribution in [0.1, 0.15) is 29.3 Å². The van der Waals surface area contributed by atoms with E-state index in [9.17, 15) is 9.59 Å². The number of benzene rings is 1. The van der Waals surface area contributed by atoms with Crippen molar-refractivity contribution in [1.29, 1.82) is 0 Å². The second-order valence-electron chi connectivity index (χ2n) is 4.66. The summed E-state index contributed by atoms with van der Waals surface area (Å²) in [5.74, 6) is -0.440. The Hall–Kier alpha value is -1.88. The zero-order valence-corrected chi connectivity index (χ0v) is 12.1. The van der Waals surface area contributed by atoms with E-state index in [1.54, 1.807) is 23.1 Å². The third-order valence-corrected chi connectivity index (χ3v) is 2.90. The highest BCUT2D eigenvalue weighted by Gasteiger charge is 2.13. The van der Waals surface area contributed by atoms with Crippen LogP contribution in [-0.2, 0) is 4.79 Å². The molecule has 0 heterocycles. The first kappa shape index (κ1) is 16.2. The number of carbonyl (C=O) groups excluding carboxylic acids is 2. The number of nitrogens with zero attached hydrogens (tertiary/aromatic N) is 1. The highest BCUT2D eigenvalue weighted by atomic mass is 16.3. The van der Waals surface area contributed by atoms with Gasteiger partial charge >= 0.3 is 0 Å². The van der Waals surface area contributed by atoms with Crippen LogP contribution in [-0.4, -0.2) is 48.1 Å². The molecule has 0 bridgehead atoms. The second kappa shape index (κ2) is 8.32. The maximum absolute atomic E-state index is 11.9. The highest BCUT2D eigenvalue weighted by Crippen LogP contribution is 2.03. The summed E-state index contributed by atoms with van der Waals surface area (Å²) in [5, 5.41) is 11.5. The van der Waals surface area contributed by atoms with Crippen molar-refractivity contribution in [2.45, 2.75) is 20.3 Å². The van der Waals surface area contributed by atoms with Crippen molar-refractivity contribution in [1.82, 2.24) is 10.2 Å². The molecule has 0 aliphatic heterocycles. The fraction of sp³-hybridized carbons (Fsp3) is 0.467. The van der Waals surface area contributed by atoms with Gasteiger partial charge in [0.25, 0.3) is 5.91 Å². The number of aryl methyl sites for hydroxylation is 1. The third kappa shape index (κ3) is 5.01. The van der Waals surface area contributed by atoms with Crippen LogP contribution in [0.3, 0.4) is 0 Å². The Balaban J connectivity index is 2.53. The molecule has 0 radical (unpaired) electrons. The molecular weight excluding hydrogens is 256 g/mol. The first-order chi connectivity index (χ1) is 9.58. The van der Waals surface area contributed by atoms with E-state index in [-0.39, 0.29) is 25.0 Å². The Morgan fingerprint density at radius 3 is 2.65 bits per heavy atom. The van der Waals surface area contributed by atoms with E-state index in [0.29, 0.717) is 18.7 Å². The summed E-state index contributed by atoms with van der Waals surface area (Å²) in [6, 6.07) is 7.20. The molecule has 0 fully saturated rings. The SMILES string of the molecule is CCCN(CCO)C(=O)CNC(=O)c1cccc(C)c1. The molecule has 5 nitrogen and oxygen atoms in total. The first-order valence-corrected chi connectivity index (χ1v) is 6.82.